The fraction of sp³-hybridized carbons (Fsp3) is 0.556. The van der Waals surface area contributed by atoms with E-state index in [4.69, 9.17) is 5.11 Å². The minimum absolute atomic E-state index is 0.0119. The molecule has 0 aromatic carbocycles. The minimum atomic E-state index is -0.898. The lowest BCUT2D eigenvalue weighted by atomic mass is 9.85. The molecule has 0 spiro atoms. The summed E-state index contributed by atoms with van der Waals surface area (Å²) >= 11 is 2.30. The van der Waals surface area contributed by atoms with Gasteiger partial charge in [0.2, 0.25) is 11.0 Å². The standard InChI is InChI=1S/C9H11N3O3S2/c13-6(14)4-16-9-12-11-8(17-9)10-7(15)5-2-1-3-5/h5H,1-4H2,(H,13,14)(H,10,11,15). The molecule has 0 unspecified atom stereocenters. The number of nitrogens with one attached hydrogen (secondary N) is 1. The molecule has 1 saturated carbocycles. The third-order valence-electron chi connectivity index (χ3n) is 2.43. The van der Waals surface area contributed by atoms with Crippen molar-refractivity contribution in [2.45, 2.75) is 23.6 Å². The van der Waals surface area contributed by atoms with Gasteiger partial charge in [0.15, 0.2) is 4.34 Å². The van der Waals surface area contributed by atoms with Crippen LogP contribution in [0.5, 0.6) is 0 Å². The normalized spacial score (nSPS) is 15.3. The molecule has 6 nitrogen and oxygen atoms in total. The van der Waals surface area contributed by atoms with E-state index in [1.807, 2.05) is 0 Å². The van der Waals surface area contributed by atoms with Crippen molar-refractivity contribution >= 4 is 40.1 Å². The fourth-order valence-electron chi connectivity index (χ4n) is 1.32. The summed E-state index contributed by atoms with van der Waals surface area (Å²) in [5.74, 6) is -0.855. The van der Waals surface area contributed by atoms with Crippen LogP contribution < -0.4 is 5.32 Å². The molecule has 1 aliphatic carbocycles. The Hall–Kier alpha value is -1.15. The van der Waals surface area contributed by atoms with Gasteiger partial charge in [0.05, 0.1) is 5.75 Å². The summed E-state index contributed by atoms with van der Waals surface area (Å²) in [5, 5.41) is 19.2. The fourth-order valence-corrected chi connectivity index (χ4v) is 2.80. The SMILES string of the molecule is O=C(O)CSc1nnc(NC(=O)C2CCC2)s1. The Morgan fingerprint density at radius 3 is 2.82 bits per heavy atom. The van der Waals surface area contributed by atoms with E-state index in [-0.39, 0.29) is 17.6 Å². The van der Waals surface area contributed by atoms with Crippen LogP contribution in [0.25, 0.3) is 0 Å². The third kappa shape index (κ3) is 3.40. The highest BCUT2D eigenvalue weighted by Gasteiger charge is 2.25. The van der Waals surface area contributed by atoms with Crippen molar-refractivity contribution in [1.82, 2.24) is 10.2 Å². The second kappa shape index (κ2) is 5.46. The van der Waals surface area contributed by atoms with Crippen molar-refractivity contribution in [2.24, 2.45) is 5.92 Å². The van der Waals surface area contributed by atoms with Crippen molar-refractivity contribution in [3.63, 3.8) is 0 Å². The predicted octanol–water partition coefficient (Wildman–Crippen LogP) is 1.45. The number of anilines is 1. The molecule has 1 amide bonds. The number of hydrogen-bond donors (Lipinski definition) is 2. The summed E-state index contributed by atoms with van der Waals surface area (Å²) in [5.41, 5.74) is 0. The average Bonchev–Trinajstić information content (AvgIpc) is 2.59. The van der Waals surface area contributed by atoms with E-state index in [0.29, 0.717) is 9.47 Å². The summed E-state index contributed by atoms with van der Waals surface area (Å²) in [7, 11) is 0. The molecule has 2 N–H and O–H groups in total. The first kappa shape index (κ1) is 12.3. The number of hydrogen-bond acceptors (Lipinski definition) is 6. The summed E-state index contributed by atoms with van der Waals surface area (Å²) < 4.78 is 0.552. The van der Waals surface area contributed by atoms with E-state index in [1.54, 1.807) is 0 Å². The molecule has 1 heterocycles. The quantitative estimate of drug-likeness (QED) is 0.623. The van der Waals surface area contributed by atoms with Crippen molar-refractivity contribution in [3.05, 3.63) is 0 Å². The van der Waals surface area contributed by atoms with E-state index in [9.17, 15) is 9.59 Å². The van der Waals surface area contributed by atoms with Crippen molar-refractivity contribution < 1.29 is 14.7 Å². The summed E-state index contributed by atoms with van der Waals surface area (Å²) in [4.78, 5) is 22.0. The van der Waals surface area contributed by atoms with Gasteiger partial charge >= 0.3 is 5.97 Å². The predicted molar refractivity (Wildman–Crippen MR) is 64.2 cm³/mol. The highest BCUT2D eigenvalue weighted by molar-refractivity contribution is 8.01. The Balaban J connectivity index is 1.84. The van der Waals surface area contributed by atoms with Gasteiger partial charge in [0, 0.05) is 5.92 Å². The molecule has 2 rings (SSSR count). The molecule has 1 fully saturated rings. The molecule has 17 heavy (non-hydrogen) atoms. The second-order valence-corrected chi connectivity index (χ2v) is 5.87. The van der Waals surface area contributed by atoms with E-state index in [2.05, 4.69) is 15.5 Å². The second-order valence-electron chi connectivity index (χ2n) is 3.67. The Labute approximate surface area is 106 Å². The zero-order valence-electron chi connectivity index (χ0n) is 8.88. The molecule has 92 valence electrons. The first-order valence-corrected chi connectivity index (χ1v) is 6.94. The number of aliphatic carboxylic acids is 1. The first-order chi connectivity index (χ1) is 8.15. The van der Waals surface area contributed by atoms with Crippen LogP contribution in [-0.4, -0.2) is 32.9 Å². The Bertz CT molecular complexity index is 431. The number of nitrogens with zero attached hydrogens (tertiary/aromatic N) is 2. The number of carbonyl (C=O) groups is 2. The smallest absolute Gasteiger partial charge is 0.313 e. The van der Waals surface area contributed by atoms with E-state index < -0.39 is 5.97 Å². The average molecular weight is 273 g/mol. The molecule has 1 aromatic heterocycles. The first-order valence-electron chi connectivity index (χ1n) is 5.14. The highest BCUT2D eigenvalue weighted by atomic mass is 32.2. The Morgan fingerprint density at radius 1 is 1.47 bits per heavy atom. The number of rotatable bonds is 5. The zero-order chi connectivity index (χ0) is 12.3. The van der Waals surface area contributed by atoms with Gasteiger partial charge < -0.3 is 10.4 Å². The topological polar surface area (TPSA) is 92.2 Å². The van der Waals surface area contributed by atoms with Crippen LogP contribution in [0.3, 0.4) is 0 Å². The molecule has 0 bridgehead atoms. The number of aromatic nitrogens is 2. The summed E-state index contributed by atoms with van der Waals surface area (Å²) in [6, 6.07) is 0. The van der Waals surface area contributed by atoms with Crippen molar-refractivity contribution in [1.29, 1.82) is 0 Å². The van der Waals surface area contributed by atoms with Gasteiger partial charge in [-0.05, 0) is 12.8 Å². The molecule has 1 aromatic rings. The Kier molecular flexibility index (Phi) is 3.95. The number of thioether (sulfide) groups is 1. The van der Waals surface area contributed by atoms with Gasteiger partial charge in [-0.1, -0.05) is 29.5 Å². The molecule has 0 saturated heterocycles. The van der Waals surface area contributed by atoms with Gasteiger partial charge in [0.25, 0.3) is 0 Å². The molecule has 8 heteroatoms. The lowest BCUT2D eigenvalue weighted by molar-refractivity contribution is -0.134. The number of carboxylic acids is 1. The maximum Gasteiger partial charge on any atom is 0.313 e. The van der Waals surface area contributed by atoms with Crippen LogP contribution in [0.15, 0.2) is 4.34 Å². The van der Waals surface area contributed by atoms with Crippen LogP contribution in [0.1, 0.15) is 19.3 Å². The van der Waals surface area contributed by atoms with Gasteiger partial charge in [-0.15, -0.1) is 10.2 Å². The maximum atomic E-state index is 11.6. The molecular weight excluding hydrogens is 262 g/mol. The van der Waals surface area contributed by atoms with Crippen LogP contribution in [0.2, 0.25) is 0 Å². The molecular formula is C9H11N3O3S2. The molecule has 1 aliphatic rings. The van der Waals surface area contributed by atoms with Crippen LogP contribution in [-0.2, 0) is 9.59 Å². The largest absolute Gasteiger partial charge is 0.481 e. The van der Waals surface area contributed by atoms with E-state index in [1.165, 1.54) is 11.3 Å². The van der Waals surface area contributed by atoms with Gasteiger partial charge in [-0.25, -0.2) is 0 Å². The third-order valence-corrected chi connectivity index (χ3v) is 4.39. The minimum Gasteiger partial charge on any atom is -0.481 e. The van der Waals surface area contributed by atoms with Crippen molar-refractivity contribution in [3.8, 4) is 0 Å². The molecule has 0 atom stereocenters. The Morgan fingerprint density at radius 2 is 2.24 bits per heavy atom. The molecule has 0 radical (unpaired) electrons. The molecule has 0 aliphatic heterocycles. The van der Waals surface area contributed by atoms with E-state index in [0.717, 1.165) is 31.0 Å². The van der Waals surface area contributed by atoms with Gasteiger partial charge in [-0.3, -0.25) is 9.59 Å². The summed E-state index contributed by atoms with van der Waals surface area (Å²) in [6.45, 7) is 0. The van der Waals surface area contributed by atoms with E-state index >= 15 is 0 Å². The lowest BCUT2D eigenvalue weighted by Gasteiger charge is -2.23. The van der Waals surface area contributed by atoms with Gasteiger partial charge in [-0.2, -0.15) is 0 Å². The number of carboxylic acid groups (broad SMARTS) is 1. The van der Waals surface area contributed by atoms with Crippen molar-refractivity contribution in [2.75, 3.05) is 11.1 Å². The van der Waals surface area contributed by atoms with Crippen LogP contribution in [0, 0.1) is 5.92 Å². The van der Waals surface area contributed by atoms with Gasteiger partial charge in [0.1, 0.15) is 0 Å². The van der Waals surface area contributed by atoms with Crippen LogP contribution >= 0.6 is 23.1 Å². The lowest BCUT2D eigenvalue weighted by Crippen LogP contribution is -2.27. The summed E-state index contributed by atoms with van der Waals surface area (Å²) in [6.07, 6.45) is 2.98. The monoisotopic (exact) mass is 273 g/mol. The maximum absolute atomic E-state index is 11.6. The highest BCUT2D eigenvalue weighted by Crippen LogP contribution is 2.29. The number of amides is 1. The van der Waals surface area contributed by atoms with Crippen LogP contribution in [0.4, 0.5) is 5.13 Å². The zero-order valence-corrected chi connectivity index (χ0v) is 10.5. The number of carbonyl (C=O) groups excluding carboxylic acids is 1.